The summed E-state index contributed by atoms with van der Waals surface area (Å²) in [6.07, 6.45) is 1.04. The maximum atomic E-state index is 12.0. The highest BCUT2D eigenvalue weighted by Crippen LogP contribution is 2.14. The first-order valence-corrected chi connectivity index (χ1v) is 7.57. The van der Waals surface area contributed by atoms with Gasteiger partial charge in [0, 0.05) is 6.54 Å². The fourth-order valence-electron chi connectivity index (χ4n) is 2.61. The van der Waals surface area contributed by atoms with Crippen LogP contribution in [-0.2, 0) is 9.59 Å². The number of amides is 3. The number of carboxylic acids is 1. The Hall–Kier alpha value is -3.10. The van der Waals surface area contributed by atoms with Gasteiger partial charge in [0.15, 0.2) is 0 Å². The number of nitrogens with zero attached hydrogens (tertiary/aromatic N) is 2. The lowest BCUT2D eigenvalue weighted by Crippen LogP contribution is -2.36. The van der Waals surface area contributed by atoms with Crippen molar-refractivity contribution in [2.45, 2.75) is 18.9 Å². The number of H-pyrrole nitrogens is 1. The zero-order valence-corrected chi connectivity index (χ0v) is 12.8. The molecule has 1 aliphatic rings. The van der Waals surface area contributed by atoms with Gasteiger partial charge in [-0.1, -0.05) is 12.1 Å². The molecule has 2 aromatic rings. The number of para-hydroxylation sites is 2. The van der Waals surface area contributed by atoms with Gasteiger partial charge in [-0.05, 0) is 25.0 Å². The molecule has 3 rings (SSSR count). The number of fused-ring (bicyclic) bond motifs is 1. The van der Waals surface area contributed by atoms with Crippen LogP contribution in [0.3, 0.4) is 0 Å². The second-order valence-electron chi connectivity index (χ2n) is 5.49. The number of carbonyl (C=O) groups excluding carboxylic acids is 2. The van der Waals surface area contributed by atoms with E-state index >= 15 is 0 Å². The summed E-state index contributed by atoms with van der Waals surface area (Å²) >= 11 is 0. The first-order valence-electron chi connectivity index (χ1n) is 7.57. The normalized spacial score (nSPS) is 17.3. The minimum absolute atomic E-state index is 0.425. The molecule has 1 saturated heterocycles. The summed E-state index contributed by atoms with van der Waals surface area (Å²) in [6.45, 7) is -0.0448. The quantitative estimate of drug-likeness (QED) is 0.438. The third-order valence-corrected chi connectivity index (χ3v) is 3.75. The van der Waals surface area contributed by atoms with E-state index in [9.17, 15) is 14.4 Å². The molecule has 24 heavy (non-hydrogen) atoms. The van der Waals surface area contributed by atoms with Gasteiger partial charge in [-0.25, -0.2) is 9.78 Å². The summed E-state index contributed by atoms with van der Waals surface area (Å²) < 4.78 is 0. The average Bonchev–Trinajstić information content (AvgIpc) is 3.07. The van der Waals surface area contributed by atoms with Crippen LogP contribution in [0.2, 0.25) is 0 Å². The molecule has 1 unspecified atom stereocenters. The smallest absolute Gasteiger partial charge is 0.325 e. The number of benzene rings is 1. The molecule has 0 bridgehead atoms. The Morgan fingerprint density at radius 3 is 2.88 bits per heavy atom. The number of aliphatic carboxylic acids is 1. The first kappa shape index (κ1) is 15.8. The molecule has 4 N–H and O–H groups in total. The minimum atomic E-state index is -1.22. The second-order valence-corrected chi connectivity index (χ2v) is 5.49. The van der Waals surface area contributed by atoms with Gasteiger partial charge in [0.05, 0.1) is 11.0 Å². The van der Waals surface area contributed by atoms with Gasteiger partial charge in [-0.15, -0.1) is 0 Å². The highest BCUT2D eigenvalue weighted by atomic mass is 16.4. The van der Waals surface area contributed by atoms with E-state index in [0.29, 0.717) is 25.3 Å². The first-order chi connectivity index (χ1) is 11.5. The number of imide groups is 1. The number of anilines is 1. The van der Waals surface area contributed by atoms with Gasteiger partial charge in [-0.2, -0.15) is 0 Å². The molecule has 1 aromatic heterocycles. The molecule has 1 fully saturated rings. The number of carbonyl (C=O) groups is 3. The van der Waals surface area contributed by atoms with Crippen LogP contribution >= 0.6 is 0 Å². The van der Waals surface area contributed by atoms with Gasteiger partial charge in [-0.3, -0.25) is 14.5 Å². The predicted molar refractivity (Wildman–Crippen MR) is 85.5 cm³/mol. The van der Waals surface area contributed by atoms with Gasteiger partial charge in [0.1, 0.15) is 12.6 Å². The molecule has 0 saturated carbocycles. The van der Waals surface area contributed by atoms with Crippen LogP contribution in [0.1, 0.15) is 12.8 Å². The third kappa shape index (κ3) is 3.29. The van der Waals surface area contributed by atoms with Crippen LogP contribution in [0.5, 0.6) is 0 Å². The third-order valence-electron chi connectivity index (χ3n) is 3.75. The zero-order valence-electron chi connectivity index (χ0n) is 12.8. The number of carboxylic acid groups (broad SMARTS) is 1. The molecule has 0 spiro atoms. The minimum Gasteiger partial charge on any atom is -0.480 e. The summed E-state index contributed by atoms with van der Waals surface area (Å²) in [7, 11) is 0. The van der Waals surface area contributed by atoms with Crippen molar-refractivity contribution < 1.29 is 19.5 Å². The molecule has 2 heterocycles. The number of hydrogen-bond donors (Lipinski definition) is 4. The Kier molecular flexibility index (Phi) is 4.32. The Bertz CT molecular complexity index is 754. The lowest BCUT2D eigenvalue weighted by atomic mass is 10.1. The zero-order chi connectivity index (χ0) is 17.1. The molecule has 0 radical (unpaired) electrons. The van der Waals surface area contributed by atoms with E-state index in [2.05, 4.69) is 20.6 Å². The van der Waals surface area contributed by atoms with Gasteiger partial charge in [0.25, 0.3) is 5.91 Å². The van der Waals surface area contributed by atoms with E-state index in [1.165, 1.54) is 0 Å². The van der Waals surface area contributed by atoms with Crippen molar-refractivity contribution >= 4 is 34.9 Å². The summed E-state index contributed by atoms with van der Waals surface area (Å²) in [5, 5.41) is 14.3. The fourth-order valence-corrected chi connectivity index (χ4v) is 2.61. The molecule has 1 aromatic carbocycles. The van der Waals surface area contributed by atoms with E-state index in [1.807, 2.05) is 24.3 Å². The molecule has 1 atom stereocenters. The second kappa shape index (κ2) is 6.57. The number of aromatic amines is 1. The number of urea groups is 1. The standard InChI is InChI=1S/C15H17N5O4/c21-12(22)8-20-13(23)11(19-15(20)24)6-3-7-16-14-17-9-4-1-2-5-10(9)18-14/h1-2,4-5,11H,3,6-8H2,(H,19,24)(H,21,22)(H2,16,17,18). The number of imidazole rings is 1. The Balaban J connectivity index is 1.47. The van der Waals surface area contributed by atoms with Crippen molar-refractivity contribution in [2.24, 2.45) is 0 Å². The van der Waals surface area contributed by atoms with Crippen molar-refractivity contribution in [3.05, 3.63) is 24.3 Å². The molecule has 9 nitrogen and oxygen atoms in total. The Labute approximate surface area is 137 Å². The lowest BCUT2D eigenvalue weighted by Gasteiger charge is -2.10. The average molecular weight is 331 g/mol. The van der Waals surface area contributed by atoms with Crippen LogP contribution in [0.25, 0.3) is 11.0 Å². The molecule has 0 aliphatic carbocycles. The van der Waals surface area contributed by atoms with E-state index in [0.717, 1.165) is 15.9 Å². The SMILES string of the molecule is O=C(O)CN1C(=O)NC(CCCNc2nc3ccccc3[nH]2)C1=O. The van der Waals surface area contributed by atoms with Gasteiger partial charge >= 0.3 is 12.0 Å². The monoisotopic (exact) mass is 331 g/mol. The maximum absolute atomic E-state index is 12.0. The predicted octanol–water partition coefficient (Wildman–Crippen LogP) is 0.760. The molecule has 3 amide bonds. The van der Waals surface area contributed by atoms with E-state index < -0.39 is 30.5 Å². The largest absolute Gasteiger partial charge is 0.480 e. The number of rotatable bonds is 7. The topological polar surface area (TPSA) is 127 Å². The van der Waals surface area contributed by atoms with Crippen LogP contribution < -0.4 is 10.6 Å². The summed E-state index contributed by atoms with van der Waals surface area (Å²) in [6, 6.07) is 6.33. The fraction of sp³-hybridized carbons (Fsp3) is 0.333. The Morgan fingerprint density at radius 1 is 1.33 bits per heavy atom. The molecular weight excluding hydrogens is 314 g/mol. The number of nitrogens with one attached hydrogen (secondary N) is 3. The summed E-state index contributed by atoms with van der Waals surface area (Å²) in [5.74, 6) is -1.07. The van der Waals surface area contributed by atoms with E-state index in [4.69, 9.17) is 5.11 Å². The van der Waals surface area contributed by atoms with E-state index in [1.54, 1.807) is 0 Å². The van der Waals surface area contributed by atoms with Crippen molar-refractivity contribution in [1.82, 2.24) is 20.2 Å². The molecule has 9 heteroatoms. The van der Waals surface area contributed by atoms with Crippen molar-refractivity contribution in [1.29, 1.82) is 0 Å². The lowest BCUT2D eigenvalue weighted by molar-refractivity contribution is -0.141. The molecule has 1 aliphatic heterocycles. The van der Waals surface area contributed by atoms with Crippen LogP contribution in [0, 0.1) is 0 Å². The molecule has 126 valence electrons. The summed E-state index contributed by atoms with van der Waals surface area (Å²) in [5.41, 5.74) is 1.80. The Morgan fingerprint density at radius 2 is 2.12 bits per heavy atom. The summed E-state index contributed by atoms with van der Waals surface area (Å²) in [4.78, 5) is 42.4. The number of hydrogen-bond acceptors (Lipinski definition) is 5. The van der Waals surface area contributed by atoms with Crippen molar-refractivity contribution in [2.75, 3.05) is 18.4 Å². The number of aromatic nitrogens is 2. The van der Waals surface area contributed by atoms with Crippen LogP contribution in [0.4, 0.5) is 10.7 Å². The highest BCUT2D eigenvalue weighted by molar-refractivity contribution is 6.05. The maximum Gasteiger partial charge on any atom is 0.325 e. The van der Waals surface area contributed by atoms with Crippen molar-refractivity contribution in [3.8, 4) is 0 Å². The van der Waals surface area contributed by atoms with Gasteiger partial charge in [0.2, 0.25) is 5.95 Å². The van der Waals surface area contributed by atoms with E-state index in [-0.39, 0.29) is 0 Å². The van der Waals surface area contributed by atoms with Gasteiger partial charge < -0.3 is 20.7 Å². The van der Waals surface area contributed by atoms with Crippen LogP contribution in [0.15, 0.2) is 24.3 Å². The molecular formula is C15H17N5O4. The van der Waals surface area contributed by atoms with Crippen molar-refractivity contribution in [3.63, 3.8) is 0 Å². The highest BCUT2D eigenvalue weighted by Gasteiger charge is 2.38. The van der Waals surface area contributed by atoms with Crippen LogP contribution in [-0.4, -0.2) is 57.0 Å².